The number of alkyl carbamates (subject to hydrolysis) is 1. The lowest BCUT2D eigenvalue weighted by Crippen LogP contribution is -2.40. The molecule has 0 radical (unpaired) electrons. The Bertz CT molecular complexity index is 499. The molecule has 1 aromatic carbocycles. The zero-order valence-electron chi connectivity index (χ0n) is 12.2. The maximum absolute atomic E-state index is 11.6. The molecule has 0 aliphatic rings. The van der Waals surface area contributed by atoms with Crippen LogP contribution in [0.2, 0.25) is 0 Å². The van der Waals surface area contributed by atoms with Crippen LogP contribution in [-0.4, -0.2) is 23.2 Å². The SMILES string of the molecule is C=CCC(NC(=O)OCc1cccc(CCC)c1)C(=O)O. The second-order valence-electron chi connectivity index (χ2n) is 4.71. The standard InChI is InChI=1S/C16H21NO4/c1-3-6-12-8-5-9-13(10-12)11-21-16(20)17-14(7-4-2)15(18)19/h4-5,8-10,14H,2-3,6-7,11H2,1H3,(H,17,20)(H,18,19). The average Bonchev–Trinajstić information content (AvgIpc) is 2.45. The first-order valence-corrected chi connectivity index (χ1v) is 6.91. The minimum atomic E-state index is -1.11. The normalized spacial score (nSPS) is 11.5. The molecule has 0 spiro atoms. The lowest BCUT2D eigenvalue weighted by Gasteiger charge is -2.13. The van der Waals surface area contributed by atoms with Crippen LogP contribution < -0.4 is 5.32 Å². The van der Waals surface area contributed by atoms with Gasteiger partial charge in [0.25, 0.3) is 0 Å². The van der Waals surface area contributed by atoms with Crippen molar-refractivity contribution in [1.29, 1.82) is 0 Å². The van der Waals surface area contributed by atoms with Gasteiger partial charge in [0.1, 0.15) is 12.6 Å². The van der Waals surface area contributed by atoms with Crippen LogP contribution in [0.25, 0.3) is 0 Å². The zero-order valence-corrected chi connectivity index (χ0v) is 12.2. The largest absolute Gasteiger partial charge is 0.480 e. The fourth-order valence-electron chi connectivity index (χ4n) is 1.88. The molecular weight excluding hydrogens is 270 g/mol. The lowest BCUT2D eigenvalue weighted by molar-refractivity contribution is -0.139. The van der Waals surface area contributed by atoms with Gasteiger partial charge in [0.15, 0.2) is 0 Å². The van der Waals surface area contributed by atoms with Gasteiger partial charge in [0.05, 0.1) is 0 Å². The predicted molar refractivity (Wildman–Crippen MR) is 80.0 cm³/mol. The molecule has 0 saturated heterocycles. The number of benzene rings is 1. The Hall–Kier alpha value is -2.30. The van der Waals surface area contributed by atoms with Crippen molar-refractivity contribution < 1.29 is 19.4 Å². The lowest BCUT2D eigenvalue weighted by atomic mass is 10.1. The number of aliphatic carboxylic acids is 1. The van der Waals surface area contributed by atoms with Crippen LogP contribution in [0.5, 0.6) is 0 Å². The predicted octanol–water partition coefficient (Wildman–Crippen LogP) is 2.89. The summed E-state index contributed by atoms with van der Waals surface area (Å²) in [5.74, 6) is -1.11. The molecule has 0 heterocycles. The molecule has 1 rings (SSSR count). The third-order valence-electron chi connectivity index (χ3n) is 2.89. The molecule has 0 saturated carbocycles. The van der Waals surface area contributed by atoms with E-state index in [1.165, 1.54) is 11.6 Å². The van der Waals surface area contributed by atoms with Crippen LogP contribution in [0.3, 0.4) is 0 Å². The molecule has 114 valence electrons. The van der Waals surface area contributed by atoms with E-state index in [9.17, 15) is 9.59 Å². The van der Waals surface area contributed by atoms with E-state index < -0.39 is 18.1 Å². The Labute approximate surface area is 124 Å². The Kier molecular flexibility index (Phi) is 7.01. The molecule has 5 heteroatoms. The molecule has 0 aromatic heterocycles. The van der Waals surface area contributed by atoms with E-state index >= 15 is 0 Å². The van der Waals surface area contributed by atoms with Gasteiger partial charge >= 0.3 is 12.1 Å². The Morgan fingerprint density at radius 3 is 2.76 bits per heavy atom. The first-order chi connectivity index (χ1) is 10.1. The van der Waals surface area contributed by atoms with E-state index in [4.69, 9.17) is 9.84 Å². The summed E-state index contributed by atoms with van der Waals surface area (Å²) in [7, 11) is 0. The van der Waals surface area contributed by atoms with Crippen LogP contribution in [0.4, 0.5) is 4.79 Å². The maximum Gasteiger partial charge on any atom is 0.408 e. The fraction of sp³-hybridized carbons (Fsp3) is 0.375. The molecule has 2 N–H and O–H groups in total. The quantitative estimate of drug-likeness (QED) is 0.722. The number of hydrogen-bond donors (Lipinski definition) is 2. The van der Waals surface area contributed by atoms with Crippen LogP contribution in [0.1, 0.15) is 30.9 Å². The molecular formula is C16H21NO4. The van der Waals surface area contributed by atoms with Gasteiger partial charge in [-0.15, -0.1) is 6.58 Å². The average molecular weight is 291 g/mol. The molecule has 0 aliphatic carbocycles. The van der Waals surface area contributed by atoms with E-state index in [2.05, 4.69) is 18.8 Å². The van der Waals surface area contributed by atoms with Crippen molar-refractivity contribution in [3.05, 3.63) is 48.0 Å². The van der Waals surface area contributed by atoms with Crippen molar-refractivity contribution in [1.82, 2.24) is 5.32 Å². The molecule has 5 nitrogen and oxygen atoms in total. The summed E-state index contributed by atoms with van der Waals surface area (Å²) in [6.07, 6.45) is 2.86. The summed E-state index contributed by atoms with van der Waals surface area (Å²) in [6, 6.07) is 6.78. The highest BCUT2D eigenvalue weighted by Gasteiger charge is 2.18. The number of hydrogen-bond acceptors (Lipinski definition) is 3. The topological polar surface area (TPSA) is 75.6 Å². The van der Waals surface area contributed by atoms with Gasteiger partial charge in [-0.25, -0.2) is 9.59 Å². The summed E-state index contributed by atoms with van der Waals surface area (Å²) < 4.78 is 5.04. The number of carbonyl (C=O) groups excluding carboxylic acids is 1. The van der Waals surface area contributed by atoms with Crippen molar-refractivity contribution in [2.45, 2.75) is 38.8 Å². The van der Waals surface area contributed by atoms with Crippen LogP contribution in [-0.2, 0) is 22.6 Å². The van der Waals surface area contributed by atoms with Gasteiger partial charge < -0.3 is 15.2 Å². The molecule has 21 heavy (non-hydrogen) atoms. The summed E-state index contributed by atoms with van der Waals surface area (Å²) >= 11 is 0. The van der Waals surface area contributed by atoms with E-state index in [0.717, 1.165) is 18.4 Å². The van der Waals surface area contributed by atoms with E-state index in [1.807, 2.05) is 24.3 Å². The summed E-state index contributed by atoms with van der Waals surface area (Å²) in [5, 5.41) is 11.2. The first kappa shape index (κ1) is 16.8. The van der Waals surface area contributed by atoms with Gasteiger partial charge in [-0.1, -0.05) is 43.7 Å². The highest BCUT2D eigenvalue weighted by atomic mass is 16.5. The number of carboxylic acid groups (broad SMARTS) is 1. The van der Waals surface area contributed by atoms with Gasteiger partial charge in [-0.05, 0) is 24.0 Å². The molecule has 1 aromatic rings. The van der Waals surface area contributed by atoms with Crippen molar-refractivity contribution in [2.75, 3.05) is 0 Å². The van der Waals surface area contributed by atoms with Gasteiger partial charge in [0, 0.05) is 0 Å². The highest BCUT2D eigenvalue weighted by Crippen LogP contribution is 2.09. The molecule has 1 atom stereocenters. The Morgan fingerprint density at radius 1 is 1.43 bits per heavy atom. The smallest absolute Gasteiger partial charge is 0.408 e. The number of aryl methyl sites for hydroxylation is 1. The maximum atomic E-state index is 11.6. The second-order valence-corrected chi connectivity index (χ2v) is 4.71. The summed E-state index contributed by atoms with van der Waals surface area (Å²) in [5.41, 5.74) is 2.07. The van der Waals surface area contributed by atoms with Crippen LogP contribution in [0, 0.1) is 0 Å². The second kappa shape index (κ2) is 8.79. The Morgan fingerprint density at radius 2 is 2.14 bits per heavy atom. The molecule has 0 fully saturated rings. The number of amides is 1. The third-order valence-corrected chi connectivity index (χ3v) is 2.89. The monoisotopic (exact) mass is 291 g/mol. The molecule has 1 unspecified atom stereocenters. The minimum Gasteiger partial charge on any atom is -0.480 e. The van der Waals surface area contributed by atoms with Crippen LogP contribution >= 0.6 is 0 Å². The molecule has 1 amide bonds. The number of carbonyl (C=O) groups is 2. The van der Waals surface area contributed by atoms with Gasteiger partial charge in [-0.3, -0.25) is 0 Å². The highest BCUT2D eigenvalue weighted by molar-refractivity contribution is 5.80. The molecule has 0 bridgehead atoms. The summed E-state index contributed by atoms with van der Waals surface area (Å²) in [4.78, 5) is 22.5. The number of rotatable bonds is 8. The number of nitrogens with one attached hydrogen (secondary N) is 1. The first-order valence-electron chi connectivity index (χ1n) is 6.91. The summed E-state index contributed by atoms with van der Waals surface area (Å²) in [6.45, 7) is 5.67. The van der Waals surface area contributed by atoms with Crippen molar-refractivity contribution in [3.8, 4) is 0 Å². The number of ether oxygens (including phenoxy) is 1. The third kappa shape index (κ3) is 6.12. The van der Waals surface area contributed by atoms with Crippen molar-refractivity contribution >= 4 is 12.1 Å². The van der Waals surface area contributed by atoms with Crippen molar-refractivity contribution in [3.63, 3.8) is 0 Å². The zero-order chi connectivity index (χ0) is 15.7. The van der Waals surface area contributed by atoms with Crippen LogP contribution in [0.15, 0.2) is 36.9 Å². The molecule has 0 aliphatic heterocycles. The van der Waals surface area contributed by atoms with E-state index in [-0.39, 0.29) is 13.0 Å². The van der Waals surface area contributed by atoms with Gasteiger partial charge in [0.2, 0.25) is 0 Å². The van der Waals surface area contributed by atoms with Gasteiger partial charge in [-0.2, -0.15) is 0 Å². The van der Waals surface area contributed by atoms with E-state index in [0.29, 0.717) is 0 Å². The number of carboxylic acids is 1. The Balaban J connectivity index is 2.50. The van der Waals surface area contributed by atoms with Crippen molar-refractivity contribution in [2.24, 2.45) is 0 Å². The van der Waals surface area contributed by atoms with E-state index in [1.54, 1.807) is 0 Å². The minimum absolute atomic E-state index is 0.115. The fourth-order valence-corrected chi connectivity index (χ4v) is 1.88.